The number of carboxylic acids is 1. The van der Waals surface area contributed by atoms with E-state index in [-0.39, 0.29) is 24.6 Å². The first kappa shape index (κ1) is 15.5. The summed E-state index contributed by atoms with van der Waals surface area (Å²) in [6.45, 7) is 0.269. The maximum atomic E-state index is 12.2. The van der Waals surface area contributed by atoms with Crippen molar-refractivity contribution in [2.45, 2.75) is 12.8 Å². The van der Waals surface area contributed by atoms with Crippen molar-refractivity contribution in [1.82, 2.24) is 4.90 Å². The van der Waals surface area contributed by atoms with Crippen molar-refractivity contribution >= 4 is 46.3 Å². The number of hydrogen-bond donors (Lipinski definition) is 1. The molecule has 0 spiro atoms. The van der Waals surface area contributed by atoms with Crippen LogP contribution in [0.5, 0.6) is 5.75 Å². The summed E-state index contributed by atoms with van der Waals surface area (Å²) < 4.78 is 0.420. The second kappa shape index (κ2) is 6.73. The first-order chi connectivity index (χ1) is 9.97. The topological polar surface area (TPSA) is 80.7 Å². The van der Waals surface area contributed by atoms with Crippen molar-refractivity contribution < 1.29 is 19.8 Å². The van der Waals surface area contributed by atoms with Crippen molar-refractivity contribution in [3.05, 3.63) is 34.7 Å². The summed E-state index contributed by atoms with van der Waals surface area (Å²) in [4.78, 5) is 24.5. The van der Waals surface area contributed by atoms with E-state index in [4.69, 9.17) is 12.2 Å². The molecule has 0 bridgehead atoms. The maximum absolute atomic E-state index is 12.2. The summed E-state index contributed by atoms with van der Waals surface area (Å²) in [5, 5.41) is 19.6. The lowest BCUT2D eigenvalue weighted by molar-refractivity contribution is -0.305. The quantitative estimate of drug-likeness (QED) is 0.646. The SMILES string of the molecule is O=C([O-])CCCN1C(=O)C(=Cc2ccc(O)cc2)SC1=S. The molecule has 1 aromatic rings. The summed E-state index contributed by atoms with van der Waals surface area (Å²) in [5.74, 6) is -1.21. The zero-order valence-electron chi connectivity index (χ0n) is 10.9. The number of aliphatic carboxylic acids is 1. The fourth-order valence-electron chi connectivity index (χ4n) is 1.80. The van der Waals surface area contributed by atoms with E-state index in [1.165, 1.54) is 28.8 Å². The van der Waals surface area contributed by atoms with Gasteiger partial charge in [0.2, 0.25) is 0 Å². The van der Waals surface area contributed by atoms with Gasteiger partial charge in [-0.3, -0.25) is 9.69 Å². The molecule has 1 fully saturated rings. The Morgan fingerprint density at radius 3 is 2.67 bits per heavy atom. The number of carbonyl (C=O) groups excluding carboxylic acids is 2. The fraction of sp³-hybridized carbons (Fsp3) is 0.214. The molecule has 0 saturated carbocycles. The molecule has 110 valence electrons. The van der Waals surface area contributed by atoms with Gasteiger partial charge in [0.25, 0.3) is 5.91 Å². The number of aromatic hydroxyl groups is 1. The van der Waals surface area contributed by atoms with Crippen LogP contribution in [-0.4, -0.2) is 32.7 Å². The summed E-state index contributed by atoms with van der Waals surface area (Å²) in [6, 6.07) is 6.45. The highest BCUT2D eigenvalue weighted by Gasteiger charge is 2.31. The van der Waals surface area contributed by atoms with Crippen LogP contribution in [0.1, 0.15) is 18.4 Å². The minimum atomic E-state index is -1.14. The van der Waals surface area contributed by atoms with Crippen molar-refractivity contribution in [2.24, 2.45) is 0 Å². The molecule has 21 heavy (non-hydrogen) atoms. The van der Waals surface area contributed by atoms with Crippen LogP contribution in [0.15, 0.2) is 29.2 Å². The van der Waals surface area contributed by atoms with Gasteiger partial charge < -0.3 is 15.0 Å². The Morgan fingerprint density at radius 1 is 1.38 bits per heavy atom. The van der Waals surface area contributed by atoms with E-state index in [1.807, 2.05) is 0 Å². The van der Waals surface area contributed by atoms with Crippen molar-refractivity contribution in [3.63, 3.8) is 0 Å². The van der Waals surface area contributed by atoms with Crippen LogP contribution < -0.4 is 5.11 Å². The van der Waals surface area contributed by atoms with Gasteiger partial charge in [0.1, 0.15) is 10.1 Å². The highest BCUT2D eigenvalue weighted by atomic mass is 32.2. The Bertz CT molecular complexity index is 610. The predicted octanol–water partition coefficient (Wildman–Crippen LogP) is 1.12. The largest absolute Gasteiger partial charge is 0.550 e. The molecule has 1 saturated heterocycles. The normalized spacial score (nSPS) is 16.8. The lowest BCUT2D eigenvalue weighted by Crippen LogP contribution is -2.30. The Hall–Kier alpha value is -1.86. The Balaban J connectivity index is 2.06. The Labute approximate surface area is 131 Å². The molecule has 0 unspecified atom stereocenters. The average Bonchev–Trinajstić information content (AvgIpc) is 2.68. The standard InChI is InChI=1S/C14H13NO4S2/c16-10-5-3-9(4-6-10)8-11-13(19)15(14(20)21-11)7-1-2-12(17)18/h3-6,8,16H,1-2,7H2,(H,17,18)/p-1. The van der Waals surface area contributed by atoms with Gasteiger partial charge in [-0.2, -0.15) is 0 Å². The van der Waals surface area contributed by atoms with Gasteiger partial charge in [0, 0.05) is 12.5 Å². The van der Waals surface area contributed by atoms with E-state index >= 15 is 0 Å². The minimum Gasteiger partial charge on any atom is -0.550 e. The van der Waals surface area contributed by atoms with Crippen LogP contribution in [-0.2, 0) is 9.59 Å². The van der Waals surface area contributed by atoms with Crippen LogP contribution >= 0.6 is 24.0 Å². The summed E-state index contributed by atoms with van der Waals surface area (Å²) in [5.41, 5.74) is 0.781. The number of amides is 1. The van der Waals surface area contributed by atoms with Gasteiger partial charge in [0.15, 0.2) is 0 Å². The zero-order chi connectivity index (χ0) is 15.4. The molecule has 2 rings (SSSR count). The highest BCUT2D eigenvalue weighted by molar-refractivity contribution is 8.26. The van der Waals surface area contributed by atoms with E-state index in [9.17, 15) is 19.8 Å². The van der Waals surface area contributed by atoms with Crippen molar-refractivity contribution in [3.8, 4) is 5.75 Å². The Kier molecular flexibility index (Phi) is 4.98. The smallest absolute Gasteiger partial charge is 0.266 e. The number of benzene rings is 1. The first-order valence-corrected chi connectivity index (χ1v) is 7.44. The van der Waals surface area contributed by atoms with Crippen LogP contribution in [0.4, 0.5) is 0 Å². The van der Waals surface area contributed by atoms with E-state index in [2.05, 4.69) is 0 Å². The number of phenolic OH excluding ortho intramolecular Hbond substituents is 1. The third-order valence-corrected chi connectivity index (χ3v) is 4.20. The number of phenols is 1. The maximum Gasteiger partial charge on any atom is 0.266 e. The van der Waals surface area contributed by atoms with E-state index in [0.29, 0.717) is 15.6 Å². The van der Waals surface area contributed by atoms with E-state index in [0.717, 1.165) is 5.56 Å². The van der Waals surface area contributed by atoms with Crippen LogP contribution in [0.25, 0.3) is 6.08 Å². The molecule has 1 aliphatic heterocycles. The van der Waals surface area contributed by atoms with Gasteiger partial charge in [-0.25, -0.2) is 0 Å². The number of carboxylic acid groups (broad SMARTS) is 1. The zero-order valence-corrected chi connectivity index (χ0v) is 12.6. The first-order valence-electron chi connectivity index (χ1n) is 6.21. The third-order valence-electron chi connectivity index (χ3n) is 2.83. The molecule has 0 aliphatic carbocycles. The molecule has 0 atom stereocenters. The number of thioether (sulfide) groups is 1. The van der Waals surface area contributed by atoms with E-state index < -0.39 is 5.97 Å². The number of nitrogens with zero attached hydrogens (tertiary/aromatic N) is 1. The number of hydrogen-bond acceptors (Lipinski definition) is 6. The molecule has 1 heterocycles. The predicted molar refractivity (Wildman–Crippen MR) is 82.2 cm³/mol. The Morgan fingerprint density at radius 2 is 2.05 bits per heavy atom. The van der Waals surface area contributed by atoms with E-state index in [1.54, 1.807) is 18.2 Å². The van der Waals surface area contributed by atoms with Gasteiger partial charge >= 0.3 is 0 Å². The molecular weight excluding hydrogens is 310 g/mol. The molecule has 5 nitrogen and oxygen atoms in total. The second-order valence-corrected chi connectivity index (χ2v) is 6.08. The van der Waals surface area contributed by atoms with Crippen molar-refractivity contribution in [2.75, 3.05) is 6.54 Å². The fourth-order valence-corrected chi connectivity index (χ4v) is 3.10. The number of rotatable bonds is 5. The molecule has 1 aliphatic rings. The molecule has 0 aromatic heterocycles. The van der Waals surface area contributed by atoms with Gasteiger partial charge in [-0.05, 0) is 36.6 Å². The summed E-state index contributed by atoms with van der Waals surface area (Å²) in [6.07, 6.45) is 1.90. The lowest BCUT2D eigenvalue weighted by Gasteiger charge is -2.14. The summed E-state index contributed by atoms with van der Waals surface area (Å²) in [7, 11) is 0. The molecule has 1 N–H and O–H groups in total. The van der Waals surface area contributed by atoms with Crippen LogP contribution in [0, 0.1) is 0 Å². The van der Waals surface area contributed by atoms with Crippen molar-refractivity contribution in [1.29, 1.82) is 0 Å². The second-order valence-electron chi connectivity index (χ2n) is 4.40. The van der Waals surface area contributed by atoms with Crippen LogP contribution in [0.3, 0.4) is 0 Å². The lowest BCUT2D eigenvalue weighted by atomic mass is 10.2. The van der Waals surface area contributed by atoms with Crippen LogP contribution in [0.2, 0.25) is 0 Å². The molecular formula is C14H12NO4S2-. The monoisotopic (exact) mass is 322 g/mol. The van der Waals surface area contributed by atoms with Gasteiger partial charge in [0.05, 0.1) is 4.91 Å². The van der Waals surface area contributed by atoms with Gasteiger partial charge in [-0.1, -0.05) is 36.1 Å². The average molecular weight is 322 g/mol. The minimum absolute atomic E-state index is 0.103. The highest BCUT2D eigenvalue weighted by Crippen LogP contribution is 2.32. The number of carbonyl (C=O) groups is 2. The van der Waals surface area contributed by atoms with Gasteiger partial charge in [-0.15, -0.1) is 0 Å². The molecule has 7 heteroatoms. The molecule has 0 radical (unpaired) electrons. The number of thiocarbonyl (C=S) groups is 1. The summed E-state index contributed by atoms with van der Waals surface area (Å²) >= 11 is 6.32. The third kappa shape index (κ3) is 4.05. The molecule has 1 aromatic carbocycles. The molecule has 1 amide bonds.